The van der Waals surface area contributed by atoms with Crippen LogP contribution < -0.4 is 5.32 Å². The molecule has 1 aliphatic rings. The van der Waals surface area contributed by atoms with E-state index in [0.29, 0.717) is 0 Å². The van der Waals surface area contributed by atoms with Crippen LogP contribution >= 0.6 is 0 Å². The van der Waals surface area contributed by atoms with Crippen molar-refractivity contribution in [3.63, 3.8) is 0 Å². The Kier molecular flexibility index (Phi) is 1.95. The average Bonchev–Trinajstić information content (AvgIpc) is 2.14. The fraction of sp³-hybridized carbons (Fsp3) is 1.00. The van der Waals surface area contributed by atoms with E-state index in [-0.39, 0.29) is 13.0 Å². The van der Waals surface area contributed by atoms with Crippen LogP contribution in [0.15, 0.2) is 0 Å². The maximum Gasteiger partial charge on any atom is 0.253 e. The molecule has 1 rings (SSSR count). The summed E-state index contributed by atoms with van der Waals surface area (Å²) in [4.78, 5) is 0. The number of rotatable bonds is 1. The third-order valence-corrected chi connectivity index (χ3v) is 1.42. The Bertz CT molecular complexity index is 96.2. The van der Waals surface area contributed by atoms with Gasteiger partial charge in [0.2, 0.25) is 0 Å². The van der Waals surface area contributed by atoms with Crippen LogP contribution in [0.3, 0.4) is 0 Å². The normalized spacial score (nSPS) is 36.0. The third kappa shape index (κ3) is 1.58. The Balaban J connectivity index is 2.30. The fourth-order valence-corrected chi connectivity index (χ4v) is 0.913. The van der Waals surface area contributed by atoms with Crippen LogP contribution in [-0.4, -0.2) is 25.2 Å². The first-order chi connectivity index (χ1) is 4.20. The second-order valence-corrected chi connectivity index (χ2v) is 2.18. The second kappa shape index (κ2) is 2.56. The minimum Gasteiger partial charge on any atom is -0.306 e. The molecule has 0 saturated carbocycles. The number of alkyl halides is 3. The summed E-state index contributed by atoms with van der Waals surface area (Å²) in [6.07, 6.45) is -3.55. The van der Waals surface area contributed by atoms with Gasteiger partial charge in [0.25, 0.3) is 6.43 Å². The quantitative estimate of drug-likeness (QED) is 0.570. The Labute approximate surface area is 51.2 Å². The first-order valence-corrected chi connectivity index (χ1v) is 2.85. The van der Waals surface area contributed by atoms with E-state index >= 15 is 0 Å². The lowest BCUT2D eigenvalue weighted by atomic mass is 10.2. The highest BCUT2D eigenvalue weighted by Crippen LogP contribution is 2.15. The van der Waals surface area contributed by atoms with Gasteiger partial charge in [-0.3, -0.25) is 0 Å². The summed E-state index contributed by atoms with van der Waals surface area (Å²) >= 11 is 0. The summed E-state index contributed by atoms with van der Waals surface area (Å²) in [5.41, 5.74) is 0. The molecule has 0 aromatic carbocycles. The lowest BCUT2D eigenvalue weighted by molar-refractivity contribution is 0.104. The number of hydrogen-bond acceptors (Lipinski definition) is 1. The molecule has 54 valence electrons. The molecule has 1 saturated heterocycles. The molecule has 0 bridgehead atoms. The molecule has 0 aromatic heterocycles. The van der Waals surface area contributed by atoms with Crippen molar-refractivity contribution in [3.05, 3.63) is 0 Å². The molecule has 1 fully saturated rings. The SMILES string of the molecule is FC1CNC(C(F)F)C1. The predicted octanol–water partition coefficient (Wildman–Crippen LogP) is 0.952. The van der Waals surface area contributed by atoms with Crippen LogP contribution in [0.25, 0.3) is 0 Å². The molecule has 2 atom stereocenters. The highest BCUT2D eigenvalue weighted by atomic mass is 19.3. The van der Waals surface area contributed by atoms with E-state index in [1.165, 1.54) is 0 Å². The second-order valence-electron chi connectivity index (χ2n) is 2.18. The van der Waals surface area contributed by atoms with Crippen molar-refractivity contribution in [2.45, 2.75) is 25.1 Å². The van der Waals surface area contributed by atoms with E-state index in [2.05, 4.69) is 5.32 Å². The molecular formula is C5H8F3N. The third-order valence-electron chi connectivity index (χ3n) is 1.42. The Hall–Kier alpha value is -0.250. The largest absolute Gasteiger partial charge is 0.306 e. The molecule has 1 nitrogen and oxygen atoms in total. The van der Waals surface area contributed by atoms with Crippen LogP contribution in [0.2, 0.25) is 0 Å². The molecule has 1 N–H and O–H groups in total. The standard InChI is InChI=1S/C5H8F3N/c6-3-1-4(5(7)8)9-2-3/h3-5,9H,1-2H2. The topological polar surface area (TPSA) is 12.0 Å². The van der Waals surface area contributed by atoms with Gasteiger partial charge in [0.15, 0.2) is 0 Å². The van der Waals surface area contributed by atoms with Gasteiger partial charge in [-0.25, -0.2) is 13.2 Å². The highest BCUT2D eigenvalue weighted by Gasteiger charge is 2.29. The zero-order valence-electron chi connectivity index (χ0n) is 4.78. The molecule has 0 amide bonds. The lowest BCUT2D eigenvalue weighted by Crippen LogP contribution is -2.28. The van der Waals surface area contributed by atoms with Crippen molar-refractivity contribution in [2.75, 3.05) is 6.54 Å². The number of nitrogens with one attached hydrogen (secondary N) is 1. The molecule has 0 radical (unpaired) electrons. The van der Waals surface area contributed by atoms with Gasteiger partial charge < -0.3 is 5.32 Å². The summed E-state index contributed by atoms with van der Waals surface area (Å²) in [7, 11) is 0. The molecular weight excluding hydrogens is 131 g/mol. The Morgan fingerprint density at radius 2 is 2.11 bits per heavy atom. The Morgan fingerprint density at radius 3 is 2.33 bits per heavy atom. The molecule has 9 heavy (non-hydrogen) atoms. The lowest BCUT2D eigenvalue weighted by Gasteiger charge is -2.05. The zero-order valence-corrected chi connectivity index (χ0v) is 4.78. The van der Waals surface area contributed by atoms with Gasteiger partial charge in [-0.15, -0.1) is 0 Å². The molecule has 0 aromatic rings. The fourth-order valence-electron chi connectivity index (χ4n) is 0.913. The molecule has 2 unspecified atom stereocenters. The van der Waals surface area contributed by atoms with Crippen LogP contribution in [0, 0.1) is 0 Å². The molecule has 1 aliphatic heterocycles. The van der Waals surface area contributed by atoms with Crippen molar-refractivity contribution in [2.24, 2.45) is 0 Å². The van der Waals surface area contributed by atoms with Crippen molar-refractivity contribution in [1.82, 2.24) is 5.32 Å². The highest BCUT2D eigenvalue weighted by molar-refractivity contribution is 4.82. The predicted molar refractivity (Wildman–Crippen MR) is 27.3 cm³/mol. The van der Waals surface area contributed by atoms with Crippen LogP contribution in [0.1, 0.15) is 6.42 Å². The van der Waals surface area contributed by atoms with Crippen LogP contribution in [0.5, 0.6) is 0 Å². The van der Waals surface area contributed by atoms with Crippen molar-refractivity contribution < 1.29 is 13.2 Å². The van der Waals surface area contributed by atoms with Crippen molar-refractivity contribution in [3.8, 4) is 0 Å². The monoisotopic (exact) mass is 139 g/mol. The van der Waals surface area contributed by atoms with E-state index in [0.717, 1.165) is 0 Å². The van der Waals surface area contributed by atoms with Gasteiger partial charge >= 0.3 is 0 Å². The summed E-state index contributed by atoms with van der Waals surface area (Å²) < 4.78 is 35.5. The van der Waals surface area contributed by atoms with E-state index in [1.54, 1.807) is 0 Å². The van der Waals surface area contributed by atoms with Gasteiger partial charge in [-0.2, -0.15) is 0 Å². The van der Waals surface area contributed by atoms with Crippen molar-refractivity contribution in [1.29, 1.82) is 0 Å². The maximum absolute atomic E-state index is 12.1. The first kappa shape index (κ1) is 6.86. The van der Waals surface area contributed by atoms with Gasteiger partial charge in [0, 0.05) is 13.0 Å². The van der Waals surface area contributed by atoms with Crippen LogP contribution in [0.4, 0.5) is 13.2 Å². The first-order valence-electron chi connectivity index (χ1n) is 2.85. The summed E-state index contributed by atoms with van der Waals surface area (Å²) in [5, 5.41) is 2.38. The molecule has 1 heterocycles. The van der Waals surface area contributed by atoms with Gasteiger partial charge in [0.05, 0.1) is 6.04 Å². The van der Waals surface area contributed by atoms with E-state index in [9.17, 15) is 13.2 Å². The minimum absolute atomic E-state index is 0.0440. The number of hydrogen-bond donors (Lipinski definition) is 1. The maximum atomic E-state index is 12.1. The van der Waals surface area contributed by atoms with E-state index in [1.807, 2.05) is 0 Å². The van der Waals surface area contributed by atoms with Crippen molar-refractivity contribution >= 4 is 0 Å². The summed E-state index contributed by atoms with van der Waals surface area (Å²) in [6.45, 7) is 0.0784. The van der Waals surface area contributed by atoms with Gasteiger partial charge in [-0.1, -0.05) is 0 Å². The molecule has 4 heteroatoms. The molecule has 0 aliphatic carbocycles. The zero-order chi connectivity index (χ0) is 6.85. The van der Waals surface area contributed by atoms with E-state index in [4.69, 9.17) is 0 Å². The minimum atomic E-state index is -2.43. The van der Waals surface area contributed by atoms with E-state index < -0.39 is 18.6 Å². The van der Waals surface area contributed by atoms with Gasteiger partial charge in [-0.05, 0) is 0 Å². The average molecular weight is 139 g/mol. The smallest absolute Gasteiger partial charge is 0.253 e. The summed E-state index contributed by atoms with van der Waals surface area (Å²) in [5.74, 6) is 0. The van der Waals surface area contributed by atoms with Gasteiger partial charge in [0.1, 0.15) is 6.17 Å². The summed E-state index contributed by atoms with van der Waals surface area (Å²) in [6, 6.07) is -0.917. The number of halogens is 3. The van der Waals surface area contributed by atoms with Crippen LogP contribution in [-0.2, 0) is 0 Å². The molecule has 0 spiro atoms. The Morgan fingerprint density at radius 1 is 1.44 bits per heavy atom.